The Morgan fingerprint density at radius 3 is 2.85 bits per heavy atom. The summed E-state index contributed by atoms with van der Waals surface area (Å²) in [5.41, 5.74) is 10.9. The zero-order chi connectivity index (χ0) is 13.7. The zero-order valence-electron chi connectivity index (χ0n) is 11.4. The van der Waals surface area contributed by atoms with E-state index in [1.807, 2.05) is 31.3 Å². The summed E-state index contributed by atoms with van der Waals surface area (Å²) in [5, 5.41) is 0. The standard InChI is InChI=1S/C16H16N4/c1-10-4-5-11(9-13(10)17)15-19-14-3-2-8-18-16(14)20(15)12-6-7-12/h2-5,8-9,12H,6-7,17H2,1H3. The lowest BCUT2D eigenvalue weighted by molar-refractivity contribution is 0.766. The maximum absolute atomic E-state index is 6.04. The Bertz CT molecular complexity index is 799. The van der Waals surface area contributed by atoms with E-state index in [0.29, 0.717) is 6.04 Å². The first-order chi connectivity index (χ1) is 9.74. The van der Waals surface area contributed by atoms with E-state index in [9.17, 15) is 0 Å². The molecule has 0 unspecified atom stereocenters. The van der Waals surface area contributed by atoms with Gasteiger partial charge in [-0.1, -0.05) is 12.1 Å². The fourth-order valence-corrected chi connectivity index (χ4v) is 2.59. The van der Waals surface area contributed by atoms with E-state index in [4.69, 9.17) is 10.7 Å². The second kappa shape index (κ2) is 4.07. The van der Waals surface area contributed by atoms with Crippen molar-refractivity contribution in [2.75, 3.05) is 5.73 Å². The van der Waals surface area contributed by atoms with Gasteiger partial charge in [0.1, 0.15) is 11.3 Å². The number of hydrogen-bond donors (Lipinski definition) is 1. The Labute approximate surface area is 117 Å². The Hall–Kier alpha value is -2.36. The summed E-state index contributed by atoms with van der Waals surface area (Å²) in [7, 11) is 0. The quantitative estimate of drug-likeness (QED) is 0.722. The lowest BCUT2D eigenvalue weighted by Gasteiger charge is -2.08. The number of aromatic nitrogens is 3. The fraction of sp³-hybridized carbons (Fsp3) is 0.250. The van der Waals surface area contributed by atoms with Crippen molar-refractivity contribution >= 4 is 16.9 Å². The highest BCUT2D eigenvalue weighted by atomic mass is 15.2. The van der Waals surface area contributed by atoms with Gasteiger partial charge in [0.05, 0.1) is 0 Å². The highest BCUT2D eigenvalue weighted by Crippen LogP contribution is 2.40. The summed E-state index contributed by atoms with van der Waals surface area (Å²) in [5.74, 6) is 0.980. The van der Waals surface area contributed by atoms with Gasteiger partial charge in [-0.3, -0.25) is 0 Å². The van der Waals surface area contributed by atoms with Gasteiger partial charge in [0.15, 0.2) is 5.65 Å². The van der Waals surface area contributed by atoms with E-state index >= 15 is 0 Å². The molecule has 1 aliphatic rings. The Morgan fingerprint density at radius 2 is 2.10 bits per heavy atom. The minimum Gasteiger partial charge on any atom is -0.398 e. The van der Waals surface area contributed by atoms with Crippen LogP contribution in [0.15, 0.2) is 36.5 Å². The van der Waals surface area contributed by atoms with E-state index < -0.39 is 0 Å². The summed E-state index contributed by atoms with van der Waals surface area (Å²) in [6.07, 6.45) is 4.24. The normalized spacial score (nSPS) is 14.8. The number of anilines is 1. The second-order valence-electron chi connectivity index (χ2n) is 5.45. The zero-order valence-corrected chi connectivity index (χ0v) is 11.4. The third-order valence-corrected chi connectivity index (χ3v) is 3.90. The molecule has 100 valence electrons. The number of benzene rings is 1. The van der Waals surface area contributed by atoms with Gasteiger partial charge in [0, 0.05) is 23.5 Å². The van der Waals surface area contributed by atoms with Crippen LogP contribution in [0.4, 0.5) is 5.69 Å². The molecule has 2 heterocycles. The van der Waals surface area contributed by atoms with Crippen LogP contribution in [0.3, 0.4) is 0 Å². The molecule has 0 bridgehead atoms. The SMILES string of the molecule is Cc1ccc(-c2nc3cccnc3n2C2CC2)cc1N. The van der Waals surface area contributed by atoms with Crippen LogP contribution >= 0.6 is 0 Å². The molecule has 0 saturated heterocycles. The molecule has 1 saturated carbocycles. The van der Waals surface area contributed by atoms with Gasteiger partial charge < -0.3 is 10.3 Å². The molecule has 3 aromatic rings. The van der Waals surface area contributed by atoms with E-state index in [1.165, 1.54) is 12.8 Å². The molecule has 0 radical (unpaired) electrons. The molecule has 1 aliphatic carbocycles. The third-order valence-electron chi connectivity index (χ3n) is 3.90. The molecule has 4 heteroatoms. The Kier molecular flexibility index (Phi) is 2.33. The van der Waals surface area contributed by atoms with Crippen LogP contribution in [0.2, 0.25) is 0 Å². The van der Waals surface area contributed by atoms with Crippen molar-refractivity contribution in [1.29, 1.82) is 0 Å². The average molecular weight is 264 g/mol. The number of hydrogen-bond acceptors (Lipinski definition) is 3. The van der Waals surface area contributed by atoms with Crippen LogP contribution in [-0.2, 0) is 0 Å². The minimum absolute atomic E-state index is 0.535. The number of rotatable bonds is 2. The number of nitrogens with two attached hydrogens (primary N) is 1. The molecule has 1 aromatic carbocycles. The van der Waals surface area contributed by atoms with Crippen LogP contribution in [0, 0.1) is 6.92 Å². The highest BCUT2D eigenvalue weighted by Gasteiger charge is 2.29. The first kappa shape index (κ1) is 11.5. The predicted octanol–water partition coefficient (Wildman–Crippen LogP) is 3.32. The molecular weight excluding hydrogens is 248 g/mol. The lowest BCUT2D eigenvalue weighted by Crippen LogP contribution is -1.99. The molecular formula is C16H16N4. The van der Waals surface area contributed by atoms with Gasteiger partial charge in [-0.2, -0.15) is 0 Å². The average Bonchev–Trinajstić information content (AvgIpc) is 3.22. The first-order valence-electron chi connectivity index (χ1n) is 6.93. The number of fused-ring (bicyclic) bond motifs is 1. The molecule has 4 nitrogen and oxygen atoms in total. The van der Waals surface area contributed by atoms with Crippen molar-refractivity contribution < 1.29 is 0 Å². The van der Waals surface area contributed by atoms with Crippen LogP contribution in [0.5, 0.6) is 0 Å². The second-order valence-corrected chi connectivity index (χ2v) is 5.45. The van der Waals surface area contributed by atoms with E-state index in [-0.39, 0.29) is 0 Å². The minimum atomic E-state index is 0.535. The summed E-state index contributed by atoms with van der Waals surface area (Å²) in [4.78, 5) is 9.26. The molecule has 0 aliphatic heterocycles. The summed E-state index contributed by atoms with van der Waals surface area (Å²) >= 11 is 0. The van der Waals surface area contributed by atoms with Crippen molar-refractivity contribution in [2.45, 2.75) is 25.8 Å². The van der Waals surface area contributed by atoms with Crippen molar-refractivity contribution in [3.63, 3.8) is 0 Å². The molecule has 0 atom stereocenters. The van der Waals surface area contributed by atoms with Gasteiger partial charge in [-0.05, 0) is 43.5 Å². The lowest BCUT2D eigenvalue weighted by atomic mass is 10.1. The number of imidazole rings is 1. The monoisotopic (exact) mass is 264 g/mol. The fourth-order valence-electron chi connectivity index (χ4n) is 2.59. The van der Waals surface area contributed by atoms with Gasteiger partial charge >= 0.3 is 0 Å². The first-order valence-corrected chi connectivity index (χ1v) is 6.93. The van der Waals surface area contributed by atoms with Crippen molar-refractivity contribution in [1.82, 2.24) is 14.5 Å². The van der Waals surface area contributed by atoms with Crippen molar-refractivity contribution in [3.8, 4) is 11.4 Å². The maximum Gasteiger partial charge on any atom is 0.160 e. The third kappa shape index (κ3) is 1.68. The number of pyridine rings is 1. The highest BCUT2D eigenvalue weighted by molar-refractivity contribution is 5.78. The molecule has 0 amide bonds. The van der Waals surface area contributed by atoms with E-state index in [1.54, 1.807) is 0 Å². The van der Waals surface area contributed by atoms with Gasteiger partial charge in [0.2, 0.25) is 0 Å². The van der Waals surface area contributed by atoms with E-state index in [0.717, 1.165) is 33.8 Å². The van der Waals surface area contributed by atoms with Crippen LogP contribution in [-0.4, -0.2) is 14.5 Å². The number of nitrogen functional groups attached to an aromatic ring is 1. The summed E-state index contributed by atoms with van der Waals surface area (Å²) < 4.78 is 2.26. The molecule has 0 spiro atoms. The Morgan fingerprint density at radius 1 is 1.25 bits per heavy atom. The van der Waals surface area contributed by atoms with Crippen LogP contribution < -0.4 is 5.73 Å². The van der Waals surface area contributed by atoms with Gasteiger partial charge in [0.25, 0.3) is 0 Å². The van der Waals surface area contributed by atoms with Crippen molar-refractivity contribution in [2.24, 2.45) is 0 Å². The number of aryl methyl sites for hydroxylation is 1. The molecule has 2 aromatic heterocycles. The molecule has 1 fully saturated rings. The molecule has 4 rings (SSSR count). The van der Waals surface area contributed by atoms with Crippen LogP contribution in [0.1, 0.15) is 24.4 Å². The summed E-state index contributed by atoms with van der Waals surface area (Å²) in [6, 6.07) is 10.6. The Balaban J connectivity index is 1.98. The van der Waals surface area contributed by atoms with E-state index in [2.05, 4.69) is 21.7 Å². The molecule has 20 heavy (non-hydrogen) atoms. The number of nitrogens with zero attached hydrogens (tertiary/aromatic N) is 3. The van der Waals surface area contributed by atoms with Gasteiger partial charge in [-0.15, -0.1) is 0 Å². The smallest absolute Gasteiger partial charge is 0.160 e. The molecule has 2 N–H and O–H groups in total. The van der Waals surface area contributed by atoms with Crippen molar-refractivity contribution in [3.05, 3.63) is 42.1 Å². The summed E-state index contributed by atoms with van der Waals surface area (Å²) in [6.45, 7) is 2.02. The van der Waals surface area contributed by atoms with Gasteiger partial charge in [-0.25, -0.2) is 9.97 Å². The topological polar surface area (TPSA) is 56.7 Å². The predicted molar refractivity (Wildman–Crippen MR) is 80.4 cm³/mol. The van der Waals surface area contributed by atoms with Crippen LogP contribution in [0.25, 0.3) is 22.6 Å². The maximum atomic E-state index is 6.04. The largest absolute Gasteiger partial charge is 0.398 e.